The maximum absolute atomic E-state index is 15.6. The van der Waals surface area contributed by atoms with E-state index in [4.69, 9.17) is 11.6 Å². The molecule has 3 N–H and O–H groups in total. The van der Waals surface area contributed by atoms with E-state index in [0.717, 1.165) is 30.6 Å². The number of carbonyl (C=O) groups excluding carboxylic acids is 12. The highest BCUT2D eigenvalue weighted by molar-refractivity contribution is 6.30. The number of likely N-dealkylation sites (N-methyl/N-ethyl adjacent to an activating group) is 7. The first-order valence-corrected chi connectivity index (χ1v) is 33.8. The number of alkyl halides is 3. The monoisotopic (exact) mass is 1410 g/mol. The number of rotatable bonds is 12. The number of nitrogens with one attached hydrogen (secondary N) is 3. The minimum atomic E-state index is -4.89. The predicted molar refractivity (Wildman–Crippen MR) is 360 cm³/mol. The Labute approximate surface area is 581 Å². The predicted octanol–water partition coefficient (Wildman–Crippen LogP) is 4.18. The minimum Gasteiger partial charge on any atom is -0.343 e. The minimum absolute atomic E-state index is 0.0225. The van der Waals surface area contributed by atoms with Gasteiger partial charge in [-0.15, -0.1) is 0 Å². The smallest absolute Gasteiger partial charge is 0.343 e. The lowest BCUT2D eigenvalue weighted by Gasteiger charge is -2.38. The van der Waals surface area contributed by atoms with Crippen LogP contribution in [0.15, 0.2) is 72.8 Å². The normalized spacial score (nSPS) is 24.2. The molecule has 29 heteroatoms. The molecule has 3 aliphatic rings. The number of aryl methyl sites for hydroxylation is 1. The largest absolute Gasteiger partial charge is 0.416 e. The highest BCUT2D eigenvalue weighted by Crippen LogP contribution is 2.31. The third kappa shape index (κ3) is 20.9. The molecule has 6 rings (SSSR count). The van der Waals surface area contributed by atoms with Crippen LogP contribution in [0.5, 0.6) is 0 Å². The molecule has 1 unspecified atom stereocenters. The molecule has 3 heterocycles. The molecule has 0 aromatic heterocycles. The summed E-state index contributed by atoms with van der Waals surface area (Å²) >= 11 is 6.21. The summed E-state index contributed by atoms with van der Waals surface area (Å²) in [5, 5.41) is 8.52. The van der Waals surface area contributed by atoms with E-state index in [-0.39, 0.29) is 50.1 Å². The molecule has 0 radical (unpaired) electrons. The van der Waals surface area contributed by atoms with Crippen molar-refractivity contribution in [3.8, 4) is 0 Å². The fraction of sp³-hybridized carbons (Fsp3) is 0.571. The van der Waals surface area contributed by atoms with E-state index in [1.54, 1.807) is 68.4 Å². The highest BCUT2D eigenvalue weighted by Gasteiger charge is 2.45. The summed E-state index contributed by atoms with van der Waals surface area (Å²) in [5.41, 5.74) is -0.392. The van der Waals surface area contributed by atoms with Gasteiger partial charge < -0.3 is 60.0 Å². The fourth-order valence-electron chi connectivity index (χ4n) is 12.4. The summed E-state index contributed by atoms with van der Waals surface area (Å²) in [7, 11) is 9.29. The van der Waals surface area contributed by atoms with Crippen molar-refractivity contribution in [2.45, 2.75) is 160 Å². The third-order valence-corrected chi connectivity index (χ3v) is 19.3. The molecule has 3 aromatic rings. The lowest BCUT2D eigenvalue weighted by Crippen LogP contribution is -2.60. The number of fused-ring (bicyclic) bond motifs is 1. The second-order valence-electron chi connectivity index (χ2n) is 26.7. The second-order valence-corrected chi connectivity index (χ2v) is 27.2. The third-order valence-electron chi connectivity index (χ3n) is 19.1. The standard InChI is InChI=1S/C70H95ClF4N12O12/c1-13-43(4)61-69(99)81(8)40-59(90)79(6)41-60(91)83(10)55(36-46-23-28-49(71)29-24-46)66(96)80(7)39-57(88)76-51(30-26-47-25-27-48(37-50(47)72)70(73,74)75)65(95)87-33-19-22-53(87)67(97)85(12)56(35-45-20-15-14-16-21-45)68(98)84(11)54(34-42(2)3)63(93)77-52(64(94)86-31-17-18-32-86)38-58(89)82(9)44(5)62(92)78-61/h14-16,20-21,23-25,27-29,37,42-44,51-56,61H,13,17-19,22,26,30-36,38-41H2,1-12H3,(H,76,88)(H,77,93)(H,78,92)/t43-,44-,51-,52-,53?,54-,55-,56-,61-/m0/s1. The topological polar surface area (TPSA) is 270 Å². The van der Waals surface area contributed by atoms with E-state index in [0.29, 0.717) is 60.6 Å². The van der Waals surface area contributed by atoms with Crippen LogP contribution in [0.2, 0.25) is 5.02 Å². The van der Waals surface area contributed by atoms with Crippen LogP contribution in [-0.4, -0.2) is 252 Å². The Morgan fingerprint density at radius 1 is 0.606 bits per heavy atom. The quantitative estimate of drug-likeness (QED) is 0.216. The second kappa shape index (κ2) is 35.4. The van der Waals surface area contributed by atoms with Gasteiger partial charge in [0.05, 0.1) is 31.6 Å². The van der Waals surface area contributed by atoms with Gasteiger partial charge in [0.2, 0.25) is 70.9 Å². The maximum atomic E-state index is 15.6. The van der Waals surface area contributed by atoms with Gasteiger partial charge in [-0.25, -0.2) is 4.39 Å². The SMILES string of the molecule is CC[C@H](C)[C@@H]1NC(=O)[C@H](C)N(C)C(=O)C[C@@H](C(=O)N2CCCC2)NC(=O)[C@H](CC(C)C)N(C)C(=O)[C@H](Cc2ccccc2)N(C)C(=O)C2CCCN2C(=O)[C@H](CCc2ccc(C(F)(F)F)cc2F)NC(=O)CN(C)C(=O)[C@H](Cc2ccc(Cl)cc2)N(C)C(=O)CN(C)C(=O)CN(C)C1=O. The van der Waals surface area contributed by atoms with Crippen molar-refractivity contribution in [3.05, 3.63) is 106 Å². The molecular weight excluding hydrogens is 1310 g/mol. The highest BCUT2D eigenvalue weighted by atomic mass is 35.5. The molecule has 0 bridgehead atoms. The molecule has 9 atom stereocenters. The number of hydrogen-bond acceptors (Lipinski definition) is 12. The van der Waals surface area contributed by atoms with Crippen LogP contribution >= 0.6 is 11.6 Å². The van der Waals surface area contributed by atoms with Gasteiger partial charge in [0.25, 0.3) is 0 Å². The van der Waals surface area contributed by atoms with Crippen molar-refractivity contribution in [2.75, 3.05) is 88.6 Å². The van der Waals surface area contributed by atoms with Gasteiger partial charge in [0, 0.05) is 86.8 Å². The van der Waals surface area contributed by atoms with Crippen molar-refractivity contribution in [2.24, 2.45) is 11.8 Å². The van der Waals surface area contributed by atoms with Gasteiger partial charge >= 0.3 is 6.18 Å². The lowest BCUT2D eigenvalue weighted by molar-refractivity contribution is -0.152. The molecular formula is C70H95ClF4N12O12. The van der Waals surface area contributed by atoms with Gasteiger partial charge in [-0.2, -0.15) is 13.2 Å². The van der Waals surface area contributed by atoms with E-state index in [2.05, 4.69) is 16.0 Å². The van der Waals surface area contributed by atoms with Crippen LogP contribution < -0.4 is 16.0 Å². The number of hydrogen-bond donors (Lipinski definition) is 3. The first kappa shape index (κ1) is 79.3. The van der Waals surface area contributed by atoms with Gasteiger partial charge in [0.1, 0.15) is 54.2 Å². The molecule has 3 aromatic carbocycles. The Balaban J connectivity index is 1.43. The van der Waals surface area contributed by atoms with Gasteiger partial charge in [-0.1, -0.05) is 94.2 Å². The number of carbonyl (C=O) groups is 12. The first-order chi connectivity index (χ1) is 46.5. The number of amides is 12. The molecule has 99 heavy (non-hydrogen) atoms. The first-order valence-electron chi connectivity index (χ1n) is 33.5. The molecule has 3 saturated heterocycles. The average Bonchev–Trinajstić information content (AvgIpc) is 1.79. The van der Waals surface area contributed by atoms with E-state index >= 15 is 23.6 Å². The van der Waals surface area contributed by atoms with E-state index in [1.807, 2.05) is 13.8 Å². The van der Waals surface area contributed by atoms with Crippen LogP contribution in [-0.2, 0) is 83.0 Å². The Hall–Kier alpha value is -8.69. The average molecular weight is 1410 g/mol. The van der Waals surface area contributed by atoms with Crippen molar-refractivity contribution in [3.63, 3.8) is 0 Å². The molecule has 0 spiro atoms. The zero-order valence-electron chi connectivity index (χ0n) is 58.5. The summed E-state index contributed by atoms with van der Waals surface area (Å²) in [6.45, 7) is 7.13. The van der Waals surface area contributed by atoms with Crippen LogP contribution in [0.4, 0.5) is 17.6 Å². The number of nitrogens with zero attached hydrogens (tertiary/aromatic N) is 9. The molecule has 3 aliphatic heterocycles. The van der Waals surface area contributed by atoms with Crippen molar-refractivity contribution < 1.29 is 75.1 Å². The molecule has 0 aliphatic carbocycles. The molecule has 0 saturated carbocycles. The molecule has 12 amide bonds. The summed E-state index contributed by atoms with van der Waals surface area (Å²) in [6, 6.07) is 5.90. The summed E-state index contributed by atoms with van der Waals surface area (Å²) in [6.07, 6.45) is -4.66. The Morgan fingerprint density at radius 3 is 1.79 bits per heavy atom. The van der Waals surface area contributed by atoms with Crippen molar-refractivity contribution in [1.29, 1.82) is 0 Å². The summed E-state index contributed by atoms with van der Waals surface area (Å²) in [5.74, 6) is -11.2. The summed E-state index contributed by atoms with van der Waals surface area (Å²) in [4.78, 5) is 186. The fourth-order valence-corrected chi connectivity index (χ4v) is 12.5. The van der Waals surface area contributed by atoms with Crippen molar-refractivity contribution >= 4 is 82.5 Å². The van der Waals surface area contributed by atoms with Gasteiger partial charge in [0.15, 0.2) is 0 Å². The molecule has 24 nitrogen and oxygen atoms in total. The number of likely N-dealkylation sites (tertiary alicyclic amines) is 1. The van der Waals surface area contributed by atoms with Crippen LogP contribution in [0.1, 0.15) is 108 Å². The number of halogens is 5. The van der Waals surface area contributed by atoms with E-state index < -0.39 is 182 Å². The van der Waals surface area contributed by atoms with Gasteiger partial charge in [-0.3, -0.25) is 57.5 Å². The molecule has 3 fully saturated rings. The van der Waals surface area contributed by atoms with Crippen LogP contribution in [0.25, 0.3) is 0 Å². The Morgan fingerprint density at radius 2 is 1.19 bits per heavy atom. The van der Waals surface area contributed by atoms with E-state index in [9.17, 15) is 51.5 Å². The van der Waals surface area contributed by atoms with E-state index in [1.165, 1.54) is 75.9 Å². The van der Waals surface area contributed by atoms with Crippen molar-refractivity contribution in [1.82, 2.24) is 60.0 Å². The zero-order chi connectivity index (χ0) is 73.5. The maximum Gasteiger partial charge on any atom is 0.416 e. The van der Waals surface area contributed by atoms with Crippen LogP contribution in [0, 0.1) is 17.7 Å². The lowest BCUT2D eigenvalue weighted by atomic mass is 9.97. The Bertz CT molecular complexity index is 3420. The zero-order valence-corrected chi connectivity index (χ0v) is 59.3. The Kier molecular flexibility index (Phi) is 28.3. The number of benzene rings is 3. The summed E-state index contributed by atoms with van der Waals surface area (Å²) < 4.78 is 56.7. The van der Waals surface area contributed by atoms with Gasteiger partial charge in [-0.05, 0) is 105 Å². The molecule has 542 valence electrons. The van der Waals surface area contributed by atoms with Crippen LogP contribution in [0.3, 0.4) is 0 Å².